The van der Waals surface area contributed by atoms with Gasteiger partial charge in [-0.15, -0.1) is 0 Å². The average Bonchev–Trinajstić information content (AvgIpc) is 3.16. The van der Waals surface area contributed by atoms with E-state index >= 15 is 0 Å². The van der Waals surface area contributed by atoms with Crippen molar-refractivity contribution in [2.45, 2.75) is 51.6 Å². The number of rotatable bonds is 7. The molecule has 0 aliphatic heterocycles. The summed E-state index contributed by atoms with van der Waals surface area (Å²) in [6.45, 7) is 4.41. The van der Waals surface area contributed by atoms with Crippen molar-refractivity contribution >= 4 is 5.91 Å². The Labute approximate surface area is 120 Å². The SMILES string of the molecule is Cc1cccc(CC(C)N)c1OCCC(=O)NC1CC1. The van der Waals surface area contributed by atoms with Crippen LogP contribution in [0.5, 0.6) is 5.75 Å². The van der Waals surface area contributed by atoms with Gasteiger partial charge in [-0.3, -0.25) is 4.79 Å². The zero-order chi connectivity index (χ0) is 14.5. The summed E-state index contributed by atoms with van der Waals surface area (Å²) in [5.41, 5.74) is 8.06. The Kier molecular flexibility index (Phi) is 5.01. The van der Waals surface area contributed by atoms with Crippen LogP contribution >= 0.6 is 0 Å². The first-order valence-electron chi connectivity index (χ1n) is 7.32. The second kappa shape index (κ2) is 6.75. The lowest BCUT2D eigenvalue weighted by atomic mass is 10.0. The summed E-state index contributed by atoms with van der Waals surface area (Å²) in [7, 11) is 0. The summed E-state index contributed by atoms with van der Waals surface area (Å²) in [5.74, 6) is 0.957. The van der Waals surface area contributed by atoms with E-state index in [4.69, 9.17) is 10.5 Å². The summed E-state index contributed by atoms with van der Waals surface area (Å²) in [6, 6.07) is 6.58. The number of hydrogen-bond donors (Lipinski definition) is 2. The van der Waals surface area contributed by atoms with E-state index in [1.165, 1.54) is 0 Å². The van der Waals surface area contributed by atoms with Crippen molar-refractivity contribution in [3.05, 3.63) is 29.3 Å². The van der Waals surface area contributed by atoms with Crippen molar-refractivity contribution in [3.63, 3.8) is 0 Å². The fourth-order valence-corrected chi connectivity index (χ4v) is 2.20. The quantitative estimate of drug-likeness (QED) is 0.800. The molecule has 110 valence electrons. The van der Waals surface area contributed by atoms with Crippen molar-refractivity contribution < 1.29 is 9.53 Å². The Morgan fingerprint density at radius 1 is 1.50 bits per heavy atom. The fraction of sp³-hybridized carbons (Fsp3) is 0.562. The zero-order valence-corrected chi connectivity index (χ0v) is 12.3. The van der Waals surface area contributed by atoms with E-state index in [0.29, 0.717) is 19.1 Å². The number of benzene rings is 1. The van der Waals surface area contributed by atoms with E-state index < -0.39 is 0 Å². The zero-order valence-electron chi connectivity index (χ0n) is 12.3. The van der Waals surface area contributed by atoms with Crippen LogP contribution in [0.4, 0.5) is 0 Å². The molecule has 1 aromatic rings. The first-order chi connectivity index (χ1) is 9.56. The van der Waals surface area contributed by atoms with E-state index in [2.05, 4.69) is 5.32 Å². The lowest BCUT2D eigenvalue weighted by molar-refractivity contribution is -0.121. The standard InChI is InChI=1S/C16H24N2O2/c1-11-4-3-5-13(10-12(2)17)16(11)20-9-8-15(19)18-14-6-7-14/h3-5,12,14H,6-10,17H2,1-2H3,(H,18,19). The van der Waals surface area contributed by atoms with Crippen molar-refractivity contribution in [2.75, 3.05) is 6.61 Å². The number of ether oxygens (including phenoxy) is 1. The molecule has 0 saturated heterocycles. The van der Waals surface area contributed by atoms with Gasteiger partial charge in [0, 0.05) is 12.1 Å². The third kappa shape index (κ3) is 4.53. The maximum atomic E-state index is 11.6. The molecule has 3 N–H and O–H groups in total. The second-order valence-electron chi connectivity index (χ2n) is 5.68. The van der Waals surface area contributed by atoms with Crippen LogP contribution in [0.2, 0.25) is 0 Å². The summed E-state index contributed by atoms with van der Waals surface area (Å²) in [4.78, 5) is 11.6. The maximum absolute atomic E-state index is 11.6. The summed E-state index contributed by atoms with van der Waals surface area (Å²) in [5, 5.41) is 2.96. The predicted octanol–water partition coefficient (Wildman–Crippen LogP) is 1.93. The summed E-state index contributed by atoms with van der Waals surface area (Å²) >= 11 is 0. The average molecular weight is 276 g/mol. The van der Waals surface area contributed by atoms with Crippen LogP contribution in [-0.4, -0.2) is 24.6 Å². The van der Waals surface area contributed by atoms with Gasteiger partial charge in [0.2, 0.25) is 5.91 Å². The van der Waals surface area contributed by atoms with Gasteiger partial charge < -0.3 is 15.8 Å². The van der Waals surface area contributed by atoms with Gasteiger partial charge >= 0.3 is 0 Å². The van der Waals surface area contributed by atoms with E-state index in [0.717, 1.165) is 36.1 Å². The number of hydrogen-bond acceptors (Lipinski definition) is 3. The highest BCUT2D eigenvalue weighted by Gasteiger charge is 2.22. The normalized spacial score (nSPS) is 15.8. The van der Waals surface area contributed by atoms with Crippen LogP contribution in [0.3, 0.4) is 0 Å². The van der Waals surface area contributed by atoms with Crippen molar-refractivity contribution in [2.24, 2.45) is 5.73 Å². The van der Waals surface area contributed by atoms with Crippen LogP contribution < -0.4 is 15.8 Å². The van der Waals surface area contributed by atoms with Crippen LogP contribution in [0.1, 0.15) is 37.3 Å². The van der Waals surface area contributed by atoms with Crippen LogP contribution in [0, 0.1) is 6.92 Å². The molecule has 4 nitrogen and oxygen atoms in total. The molecule has 1 amide bonds. The molecule has 0 spiro atoms. The Morgan fingerprint density at radius 2 is 2.25 bits per heavy atom. The van der Waals surface area contributed by atoms with Gasteiger partial charge in [0.15, 0.2) is 0 Å². The van der Waals surface area contributed by atoms with Gasteiger partial charge in [0.25, 0.3) is 0 Å². The van der Waals surface area contributed by atoms with E-state index in [1.807, 2.05) is 32.0 Å². The number of nitrogens with two attached hydrogens (primary N) is 1. The monoisotopic (exact) mass is 276 g/mol. The van der Waals surface area contributed by atoms with Gasteiger partial charge in [-0.2, -0.15) is 0 Å². The molecule has 1 fully saturated rings. The van der Waals surface area contributed by atoms with Gasteiger partial charge in [-0.1, -0.05) is 18.2 Å². The number of para-hydroxylation sites is 1. The Bertz CT molecular complexity index is 468. The van der Waals surface area contributed by atoms with Crippen molar-refractivity contribution in [1.29, 1.82) is 0 Å². The molecule has 1 unspecified atom stereocenters. The highest BCUT2D eigenvalue weighted by molar-refractivity contribution is 5.76. The molecule has 0 heterocycles. The van der Waals surface area contributed by atoms with E-state index in [9.17, 15) is 4.79 Å². The van der Waals surface area contributed by atoms with Crippen LogP contribution in [0.25, 0.3) is 0 Å². The number of carbonyl (C=O) groups is 1. The molecule has 1 atom stereocenters. The third-order valence-corrected chi connectivity index (χ3v) is 3.35. The smallest absolute Gasteiger partial charge is 0.223 e. The minimum Gasteiger partial charge on any atom is -0.492 e. The number of amides is 1. The minimum absolute atomic E-state index is 0.0785. The molecule has 0 aromatic heterocycles. The largest absolute Gasteiger partial charge is 0.492 e. The molecule has 1 aliphatic carbocycles. The molecule has 20 heavy (non-hydrogen) atoms. The molecule has 2 rings (SSSR count). The highest BCUT2D eigenvalue weighted by atomic mass is 16.5. The van der Waals surface area contributed by atoms with Crippen molar-refractivity contribution in [1.82, 2.24) is 5.32 Å². The third-order valence-electron chi connectivity index (χ3n) is 3.35. The Morgan fingerprint density at radius 3 is 2.90 bits per heavy atom. The summed E-state index contributed by atoms with van der Waals surface area (Å²) in [6.07, 6.45) is 3.42. The molecular weight excluding hydrogens is 252 g/mol. The molecule has 0 bridgehead atoms. The first kappa shape index (κ1) is 14.9. The van der Waals surface area contributed by atoms with Gasteiger partial charge in [0.05, 0.1) is 13.0 Å². The van der Waals surface area contributed by atoms with E-state index in [-0.39, 0.29) is 11.9 Å². The highest BCUT2D eigenvalue weighted by Crippen LogP contribution is 2.24. The van der Waals surface area contributed by atoms with Crippen LogP contribution in [0.15, 0.2) is 18.2 Å². The minimum atomic E-state index is 0.0785. The Hall–Kier alpha value is -1.55. The van der Waals surface area contributed by atoms with Crippen LogP contribution in [-0.2, 0) is 11.2 Å². The van der Waals surface area contributed by atoms with Crippen molar-refractivity contribution in [3.8, 4) is 5.75 Å². The lowest BCUT2D eigenvalue weighted by Gasteiger charge is -2.15. The number of carbonyl (C=O) groups excluding carboxylic acids is 1. The molecular formula is C16H24N2O2. The number of aryl methyl sites for hydroxylation is 1. The first-order valence-corrected chi connectivity index (χ1v) is 7.32. The lowest BCUT2D eigenvalue weighted by Crippen LogP contribution is -2.27. The van der Waals surface area contributed by atoms with E-state index in [1.54, 1.807) is 0 Å². The topological polar surface area (TPSA) is 64.3 Å². The van der Waals surface area contributed by atoms with Gasteiger partial charge in [0.1, 0.15) is 5.75 Å². The molecule has 1 saturated carbocycles. The summed E-state index contributed by atoms with van der Waals surface area (Å²) < 4.78 is 5.83. The number of nitrogens with one attached hydrogen (secondary N) is 1. The Balaban J connectivity index is 1.88. The van der Waals surface area contributed by atoms with Gasteiger partial charge in [-0.05, 0) is 44.2 Å². The molecule has 4 heteroatoms. The fourth-order valence-electron chi connectivity index (χ4n) is 2.20. The molecule has 1 aromatic carbocycles. The molecule has 1 aliphatic rings. The second-order valence-corrected chi connectivity index (χ2v) is 5.68. The van der Waals surface area contributed by atoms with Gasteiger partial charge in [-0.25, -0.2) is 0 Å². The predicted molar refractivity (Wildman–Crippen MR) is 79.8 cm³/mol. The molecule has 0 radical (unpaired) electrons. The maximum Gasteiger partial charge on any atom is 0.223 e.